The van der Waals surface area contributed by atoms with Gasteiger partial charge >= 0.3 is 5.97 Å². The van der Waals surface area contributed by atoms with Crippen LogP contribution in [0.3, 0.4) is 0 Å². The van der Waals surface area contributed by atoms with E-state index in [2.05, 4.69) is 43.1 Å². The van der Waals surface area contributed by atoms with Gasteiger partial charge < -0.3 is 9.26 Å². The highest BCUT2D eigenvalue weighted by molar-refractivity contribution is 7.50. The van der Waals surface area contributed by atoms with Crippen molar-refractivity contribution in [2.45, 2.75) is 47.1 Å². The Kier molecular flexibility index (Phi) is 15.7. The first-order chi connectivity index (χ1) is 14.9. The number of hydrogen-bond acceptors (Lipinski definition) is 4. The van der Waals surface area contributed by atoms with Crippen LogP contribution in [-0.2, 0) is 9.53 Å². The molecule has 0 aliphatic carbocycles. The molecule has 0 aliphatic heterocycles. The minimum atomic E-state index is -1.00. The molecule has 0 heterocycles. The molecular weight excluding hydrogens is 405 g/mol. The van der Waals surface area contributed by atoms with Crippen molar-refractivity contribution < 1.29 is 14.1 Å². The summed E-state index contributed by atoms with van der Waals surface area (Å²) in [4.78, 5) is 12.1. The molecule has 0 amide bonds. The van der Waals surface area contributed by atoms with Crippen LogP contribution in [0.2, 0.25) is 0 Å². The van der Waals surface area contributed by atoms with Gasteiger partial charge in [-0.05, 0) is 51.1 Å². The van der Waals surface area contributed by atoms with E-state index < -0.39 is 14.3 Å². The second-order valence-corrected chi connectivity index (χ2v) is 8.09. The lowest BCUT2D eigenvalue weighted by atomic mass is 10.1. The van der Waals surface area contributed by atoms with E-state index >= 15 is 0 Å². The fourth-order valence-electron chi connectivity index (χ4n) is 2.49. The minimum Gasteiger partial charge on any atom is -0.460 e. The molecule has 0 bridgehead atoms. The van der Waals surface area contributed by atoms with Crippen LogP contribution in [0.4, 0.5) is 0 Å². The summed E-state index contributed by atoms with van der Waals surface area (Å²) in [5.74, 6) is 0.557. The van der Waals surface area contributed by atoms with Crippen LogP contribution >= 0.6 is 8.30 Å². The number of ether oxygens (including phenoxy) is 1. The van der Waals surface area contributed by atoms with E-state index in [0.717, 1.165) is 28.5 Å². The molecule has 0 radical (unpaired) electrons. The predicted molar refractivity (Wildman–Crippen MR) is 135 cm³/mol. The minimum absolute atomic E-state index is 0.264. The molecule has 5 heteroatoms. The Morgan fingerprint density at radius 3 is 2.35 bits per heavy atom. The third kappa shape index (κ3) is 11.4. The molecule has 0 aliphatic rings. The van der Waals surface area contributed by atoms with Crippen molar-refractivity contribution in [3.05, 3.63) is 66.3 Å². The standard InChI is InChI=1S/C20H26NO3P.C4H8.C2H2/c1-5-9-15(2)14-23-20(22)16(3)21-25(4)24-19-13-8-11-17-10-6-7-12-18(17)19;1-3-4-2;1-2/h6-13,16,21H,5,14H2,1-4H3;3-4H,1-2H3;1-2H/b;4-3-;/t16-,25?;;/m0../s1. The topological polar surface area (TPSA) is 47.6 Å². The summed E-state index contributed by atoms with van der Waals surface area (Å²) < 4.78 is 11.4. The summed E-state index contributed by atoms with van der Waals surface area (Å²) in [6, 6.07) is 13.7. The lowest BCUT2D eigenvalue weighted by molar-refractivity contribution is -0.144. The fourth-order valence-corrected chi connectivity index (χ4v) is 3.65. The highest BCUT2D eigenvalue weighted by Crippen LogP contribution is 2.35. The number of allylic oxidation sites excluding steroid dienone is 3. The summed E-state index contributed by atoms with van der Waals surface area (Å²) in [7, 11) is -1.00. The average molecular weight is 442 g/mol. The predicted octanol–water partition coefficient (Wildman–Crippen LogP) is 6.87. The Hall–Kier alpha value is -2.60. The van der Waals surface area contributed by atoms with Crippen molar-refractivity contribution in [2.75, 3.05) is 13.3 Å². The molecule has 2 aromatic rings. The summed E-state index contributed by atoms with van der Waals surface area (Å²) in [6.07, 6.45) is 15.0. The van der Waals surface area contributed by atoms with Crippen LogP contribution in [0.1, 0.15) is 41.0 Å². The molecule has 0 saturated carbocycles. The van der Waals surface area contributed by atoms with E-state index in [1.807, 2.05) is 69.9 Å². The summed E-state index contributed by atoms with van der Waals surface area (Å²) in [5.41, 5.74) is 1.06. The molecule has 0 saturated heterocycles. The number of nitrogens with one attached hydrogen (secondary N) is 1. The molecule has 0 spiro atoms. The van der Waals surface area contributed by atoms with Gasteiger partial charge in [-0.25, -0.2) is 0 Å². The van der Waals surface area contributed by atoms with E-state index in [0.29, 0.717) is 6.61 Å². The normalized spacial score (nSPS) is 12.7. The van der Waals surface area contributed by atoms with Crippen molar-refractivity contribution in [1.29, 1.82) is 0 Å². The van der Waals surface area contributed by atoms with Crippen LogP contribution in [0, 0.1) is 12.8 Å². The third-order valence-corrected chi connectivity index (χ3v) is 5.26. The SMILES string of the molecule is C#C.C/C=C\C.CCC=C(C)COC(=O)[C@H](C)NP(C)Oc1cccc2ccccc12. The van der Waals surface area contributed by atoms with Crippen LogP contribution in [0.25, 0.3) is 10.8 Å². The number of carbonyl (C=O) groups is 1. The molecule has 2 rings (SSSR count). The molecule has 2 aromatic carbocycles. The summed E-state index contributed by atoms with van der Waals surface area (Å²) in [6.45, 7) is 12.1. The molecular formula is C26H36NO3P. The number of rotatable bonds is 8. The monoisotopic (exact) mass is 441 g/mol. The molecule has 1 unspecified atom stereocenters. The van der Waals surface area contributed by atoms with Gasteiger partial charge in [0, 0.05) is 12.1 Å². The number of terminal acetylenes is 1. The quantitative estimate of drug-likeness (QED) is 0.210. The fraction of sp³-hybridized carbons (Fsp3) is 0.346. The Morgan fingerprint density at radius 1 is 1.13 bits per heavy atom. The maximum atomic E-state index is 12.1. The number of hydrogen-bond donors (Lipinski definition) is 1. The Labute approximate surface area is 189 Å². The van der Waals surface area contributed by atoms with Crippen molar-refractivity contribution in [1.82, 2.24) is 5.09 Å². The molecule has 0 fully saturated rings. The van der Waals surface area contributed by atoms with Crippen molar-refractivity contribution in [2.24, 2.45) is 0 Å². The van der Waals surface area contributed by atoms with Gasteiger partial charge in [0.15, 0.2) is 8.30 Å². The van der Waals surface area contributed by atoms with Gasteiger partial charge in [0.05, 0.1) is 0 Å². The first kappa shape index (κ1) is 28.4. The van der Waals surface area contributed by atoms with Crippen LogP contribution < -0.4 is 9.61 Å². The van der Waals surface area contributed by atoms with Gasteiger partial charge in [0.25, 0.3) is 0 Å². The number of benzene rings is 2. The van der Waals surface area contributed by atoms with Gasteiger partial charge in [0.2, 0.25) is 0 Å². The first-order valence-corrected chi connectivity index (χ1v) is 12.0. The van der Waals surface area contributed by atoms with Gasteiger partial charge in [0.1, 0.15) is 18.4 Å². The van der Waals surface area contributed by atoms with Crippen molar-refractivity contribution in [3.8, 4) is 18.6 Å². The van der Waals surface area contributed by atoms with E-state index in [4.69, 9.17) is 9.26 Å². The van der Waals surface area contributed by atoms with E-state index in [1.165, 1.54) is 0 Å². The zero-order valence-corrected chi connectivity index (χ0v) is 20.5. The molecule has 0 aromatic heterocycles. The lowest BCUT2D eigenvalue weighted by Gasteiger charge is -2.20. The number of carbonyl (C=O) groups excluding carboxylic acids is 1. The molecule has 168 valence electrons. The van der Waals surface area contributed by atoms with Crippen LogP contribution in [-0.4, -0.2) is 25.3 Å². The molecule has 4 nitrogen and oxygen atoms in total. The highest BCUT2D eigenvalue weighted by atomic mass is 31.2. The third-order valence-electron chi connectivity index (χ3n) is 4.04. The van der Waals surface area contributed by atoms with Crippen molar-refractivity contribution >= 4 is 25.0 Å². The largest absolute Gasteiger partial charge is 0.460 e. The van der Waals surface area contributed by atoms with Gasteiger partial charge in [-0.3, -0.25) is 9.88 Å². The summed E-state index contributed by atoms with van der Waals surface area (Å²) >= 11 is 0. The zero-order chi connectivity index (χ0) is 23.6. The first-order valence-electron chi connectivity index (χ1n) is 10.3. The van der Waals surface area contributed by atoms with Gasteiger partial charge in [-0.15, -0.1) is 12.8 Å². The van der Waals surface area contributed by atoms with Crippen molar-refractivity contribution in [3.63, 3.8) is 0 Å². The van der Waals surface area contributed by atoms with Gasteiger partial charge in [-0.1, -0.05) is 61.5 Å². The number of esters is 1. The smallest absolute Gasteiger partial charge is 0.323 e. The lowest BCUT2D eigenvalue weighted by Crippen LogP contribution is -2.33. The molecule has 31 heavy (non-hydrogen) atoms. The Morgan fingerprint density at radius 2 is 1.74 bits per heavy atom. The highest BCUT2D eigenvalue weighted by Gasteiger charge is 2.18. The average Bonchev–Trinajstić information content (AvgIpc) is 2.79. The van der Waals surface area contributed by atoms with E-state index in [1.54, 1.807) is 6.92 Å². The van der Waals surface area contributed by atoms with Crippen LogP contribution in [0.15, 0.2) is 66.3 Å². The maximum absolute atomic E-state index is 12.1. The second-order valence-electron chi connectivity index (χ2n) is 6.65. The van der Waals surface area contributed by atoms with Crippen LogP contribution in [0.5, 0.6) is 5.75 Å². The Balaban J connectivity index is 0.00000134. The molecule has 1 N–H and O–H groups in total. The second kappa shape index (κ2) is 17.1. The maximum Gasteiger partial charge on any atom is 0.323 e. The van der Waals surface area contributed by atoms with E-state index in [9.17, 15) is 4.79 Å². The molecule has 2 atom stereocenters. The zero-order valence-electron chi connectivity index (χ0n) is 19.6. The van der Waals surface area contributed by atoms with Gasteiger partial charge in [-0.2, -0.15) is 0 Å². The Bertz CT molecular complexity index is 849. The summed E-state index contributed by atoms with van der Waals surface area (Å²) in [5, 5.41) is 5.40. The van der Waals surface area contributed by atoms with E-state index in [-0.39, 0.29) is 5.97 Å². The number of fused-ring (bicyclic) bond motifs is 1.